The molecule has 4 N–H and O–H groups in total. The summed E-state index contributed by atoms with van der Waals surface area (Å²) in [6, 6.07) is 18.4. The van der Waals surface area contributed by atoms with Gasteiger partial charge >= 0.3 is 11.9 Å². The number of benzene rings is 2. The molecule has 0 saturated heterocycles. The highest BCUT2D eigenvalue weighted by molar-refractivity contribution is 5.90. The van der Waals surface area contributed by atoms with Crippen LogP contribution in [0, 0.1) is 0 Å². The van der Waals surface area contributed by atoms with Crippen LogP contribution in [0.5, 0.6) is 0 Å². The average molecular weight is 384 g/mol. The second-order valence-corrected chi connectivity index (χ2v) is 6.60. The van der Waals surface area contributed by atoms with Crippen LogP contribution in [0.4, 0.5) is 0 Å². The largest absolute Gasteiger partial charge is 0.480 e. The Bertz CT molecular complexity index is 753. The molecule has 0 spiro atoms. The number of carbonyl (C=O) groups is 3. The van der Waals surface area contributed by atoms with Crippen LogP contribution in [0.25, 0.3) is 0 Å². The van der Waals surface area contributed by atoms with Crippen molar-refractivity contribution in [2.75, 3.05) is 19.6 Å². The Hall–Kier alpha value is -3.19. The van der Waals surface area contributed by atoms with Crippen molar-refractivity contribution in [3.63, 3.8) is 0 Å². The lowest BCUT2D eigenvalue weighted by Gasteiger charge is -2.32. The number of primary amides is 1. The number of carbonyl (C=O) groups excluding carboxylic acids is 1. The van der Waals surface area contributed by atoms with Crippen molar-refractivity contribution in [1.82, 2.24) is 4.90 Å². The number of nitrogens with zero attached hydrogens (tertiary/aromatic N) is 1. The first-order valence-corrected chi connectivity index (χ1v) is 8.93. The molecule has 0 fully saturated rings. The van der Waals surface area contributed by atoms with Crippen LogP contribution in [0.1, 0.15) is 24.0 Å². The number of aliphatic carboxylic acids is 2. The van der Waals surface area contributed by atoms with Gasteiger partial charge in [-0.05, 0) is 30.5 Å². The summed E-state index contributed by atoms with van der Waals surface area (Å²) in [7, 11) is 0. The maximum absolute atomic E-state index is 12.7. The molecule has 0 aliphatic heterocycles. The molecule has 2 aromatic carbocycles. The maximum Gasteiger partial charge on any atom is 0.317 e. The van der Waals surface area contributed by atoms with Crippen LogP contribution in [0.15, 0.2) is 60.7 Å². The summed E-state index contributed by atoms with van der Waals surface area (Å²) in [5.74, 6) is -2.71. The molecule has 2 rings (SSSR count). The summed E-state index contributed by atoms with van der Waals surface area (Å²) in [6.07, 6.45) is 0.722. The van der Waals surface area contributed by atoms with Crippen LogP contribution in [0.2, 0.25) is 0 Å². The van der Waals surface area contributed by atoms with E-state index in [0.29, 0.717) is 12.8 Å². The third-order valence-electron chi connectivity index (χ3n) is 4.70. The predicted octanol–water partition coefficient (Wildman–Crippen LogP) is 1.71. The predicted molar refractivity (Wildman–Crippen MR) is 104 cm³/mol. The number of nitrogens with two attached hydrogens (primary N) is 1. The van der Waals surface area contributed by atoms with Gasteiger partial charge in [-0.25, -0.2) is 0 Å². The molecule has 0 saturated carbocycles. The lowest BCUT2D eigenvalue weighted by Crippen LogP contribution is -2.43. The van der Waals surface area contributed by atoms with Crippen LogP contribution >= 0.6 is 0 Å². The summed E-state index contributed by atoms with van der Waals surface area (Å²) in [5.41, 5.74) is 6.28. The Morgan fingerprint density at radius 2 is 1.25 bits per heavy atom. The molecule has 7 nitrogen and oxygen atoms in total. The second-order valence-electron chi connectivity index (χ2n) is 6.60. The van der Waals surface area contributed by atoms with E-state index >= 15 is 0 Å². The minimum Gasteiger partial charge on any atom is -0.480 e. The average Bonchev–Trinajstić information content (AvgIpc) is 2.65. The van der Waals surface area contributed by atoms with Crippen molar-refractivity contribution in [3.8, 4) is 0 Å². The first-order valence-electron chi connectivity index (χ1n) is 8.93. The van der Waals surface area contributed by atoms with Gasteiger partial charge in [0.05, 0.1) is 18.5 Å². The molecule has 0 heterocycles. The lowest BCUT2D eigenvalue weighted by molar-refractivity contribution is -0.142. The van der Waals surface area contributed by atoms with Gasteiger partial charge in [0.25, 0.3) is 0 Å². The van der Waals surface area contributed by atoms with Crippen molar-refractivity contribution < 1.29 is 24.6 Å². The number of hydrogen-bond acceptors (Lipinski definition) is 4. The van der Waals surface area contributed by atoms with Crippen molar-refractivity contribution >= 4 is 17.8 Å². The third kappa shape index (κ3) is 5.17. The minimum atomic E-state index is -1.10. The maximum atomic E-state index is 12.7. The molecule has 0 aliphatic rings. The van der Waals surface area contributed by atoms with E-state index in [-0.39, 0.29) is 19.6 Å². The first kappa shape index (κ1) is 21.1. The van der Waals surface area contributed by atoms with Crippen molar-refractivity contribution in [2.45, 2.75) is 18.3 Å². The fourth-order valence-corrected chi connectivity index (χ4v) is 3.47. The van der Waals surface area contributed by atoms with Gasteiger partial charge < -0.3 is 15.9 Å². The van der Waals surface area contributed by atoms with Crippen LogP contribution in [0.3, 0.4) is 0 Å². The molecule has 7 heteroatoms. The quantitative estimate of drug-likeness (QED) is 0.542. The van der Waals surface area contributed by atoms with Crippen molar-refractivity contribution in [2.24, 2.45) is 5.73 Å². The Morgan fingerprint density at radius 3 is 1.61 bits per heavy atom. The number of hydrogen-bond donors (Lipinski definition) is 3. The molecule has 28 heavy (non-hydrogen) atoms. The zero-order chi connectivity index (χ0) is 20.6. The fourth-order valence-electron chi connectivity index (χ4n) is 3.47. The normalized spacial score (nSPS) is 11.3. The Balaban J connectivity index is 2.31. The monoisotopic (exact) mass is 384 g/mol. The molecule has 0 atom stereocenters. The van der Waals surface area contributed by atoms with E-state index < -0.39 is 23.3 Å². The summed E-state index contributed by atoms with van der Waals surface area (Å²) in [5, 5.41) is 18.0. The summed E-state index contributed by atoms with van der Waals surface area (Å²) < 4.78 is 0. The SMILES string of the molecule is NC(=O)C(CCCN(CC(=O)O)CC(=O)O)(c1ccccc1)c1ccccc1. The summed E-state index contributed by atoms with van der Waals surface area (Å²) in [4.78, 5) is 36.0. The number of rotatable bonds is 11. The summed E-state index contributed by atoms with van der Waals surface area (Å²) >= 11 is 0. The Morgan fingerprint density at radius 1 is 0.821 bits per heavy atom. The van der Waals surface area contributed by atoms with E-state index in [2.05, 4.69) is 0 Å². The molecular weight excluding hydrogens is 360 g/mol. The van der Waals surface area contributed by atoms with Gasteiger partial charge in [-0.15, -0.1) is 0 Å². The number of carboxylic acids is 2. The second kappa shape index (κ2) is 9.66. The molecule has 0 aliphatic carbocycles. The van der Waals surface area contributed by atoms with Crippen molar-refractivity contribution in [1.29, 1.82) is 0 Å². The van der Waals surface area contributed by atoms with Crippen LogP contribution < -0.4 is 5.73 Å². The first-order chi connectivity index (χ1) is 13.4. The number of carboxylic acid groups (broad SMARTS) is 2. The lowest BCUT2D eigenvalue weighted by atomic mass is 9.70. The fraction of sp³-hybridized carbons (Fsp3) is 0.286. The molecular formula is C21H24N2O5. The van der Waals surface area contributed by atoms with E-state index in [9.17, 15) is 14.4 Å². The van der Waals surface area contributed by atoms with Crippen molar-refractivity contribution in [3.05, 3.63) is 71.8 Å². The molecule has 0 bridgehead atoms. The molecule has 0 aromatic heterocycles. The molecule has 0 unspecified atom stereocenters. The van der Waals surface area contributed by atoms with Gasteiger partial charge in [0.1, 0.15) is 0 Å². The highest BCUT2D eigenvalue weighted by atomic mass is 16.4. The smallest absolute Gasteiger partial charge is 0.317 e. The zero-order valence-corrected chi connectivity index (χ0v) is 15.5. The van der Waals surface area contributed by atoms with E-state index in [1.54, 1.807) is 0 Å². The van der Waals surface area contributed by atoms with E-state index in [4.69, 9.17) is 15.9 Å². The van der Waals surface area contributed by atoms with Gasteiger partial charge in [0.2, 0.25) is 5.91 Å². The van der Waals surface area contributed by atoms with Gasteiger partial charge in [0.15, 0.2) is 0 Å². The Kier molecular flexibility index (Phi) is 7.28. The van der Waals surface area contributed by atoms with E-state index in [0.717, 1.165) is 11.1 Å². The Labute approximate surface area is 163 Å². The van der Waals surface area contributed by atoms with Gasteiger partial charge in [-0.3, -0.25) is 19.3 Å². The highest BCUT2D eigenvalue weighted by Crippen LogP contribution is 2.36. The third-order valence-corrected chi connectivity index (χ3v) is 4.70. The van der Waals surface area contributed by atoms with Gasteiger partial charge in [0, 0.05) is 0 Å². The minimum absolute atomic E-state index is 0.216. The van der Waals surface area contributed by atoms with Gasteiger partial charge in [-0.1, -0.05) is 60.7 Å². The van der Waals surface area contributed by atoms with Crippen LogP contribution in [-0.4, -0.2) is 52.6 Å². The number of amides is 1. The zero-order valence-electron chi connectivity index (χ0n) is 15.5. The van der Waals surface area contributed by atoms with Crippen LogP contribution in [-0.2, 0) is 19.8 Å². The molecule has 1 amide bonds. The van der Waals surface area contributed by atoms with E-state index in [1.807, 2.05) is 60.7 Å². The topological polar surface area (TPSA) is 121 Å². The standard InChI is InChI=1S/C21H24N2O5/c22-20(28)21(16-8-3-1-4-9-16,17-10-5-2-6-11-17)12-7-13-23(14-18(24)25)15-19(26)27/h1-6,8-11H,7,12-15H2,(H2,22,28)(H,24,25)(H,26,27). The summed E-state index contributed by atoms with van der Waals surface area (Å²) in [6.45, 7) is -0.549. The molecule has 0 radical (unpaired) electrons. The molecule has 148 valence electrons. The highest BCUT2D eigenvalue weighted by Gasteiger charge is 2.39. The molecule has 2 aromatic rings. The van der Waals surface area contributed by atoms with E-state index in [1.165, 1.54) is 4.90 Å². The van der Waals surface area contributed by atoms with Gasteiger partial charge in [-0.2, -0.15) is 0 Å².